The Morgan fingerprint density at radius 1 is 1.22 bits per heavy atom. The molecule has 0 radical (unpaired) electrons. The maximum absolute atomic E-state index is 12.3. The fourth-order valence-electron chi connectivity index (χ4n) is 3.08. The lowest BCUT2D eigenvalue weighted by atomic mass is 10.1. The summed E-state index contributed by atoms with van der Waals surface area (Å²) in [4.78, 5) is 23.7. The highest BCUT2D eigenvalue weighted by Gasteiger charge is 2.21. The highest BCUT2D eigenvalue weighted by molar-refractivity contribution is 5.76. The summed E-state index contributed by atoms with van der Waals surface area (Å²) >= 11 is 0. The minimum absolute atomic E-state index is 0.236. The van der Waals surface area contributed by atoms with Crippen LogP contribution in [0.2, 0.25) is 0 Å². The second kappa shape index (κ2) is 6.86. The lowest BCUT2D eigenvalue weighted by Gasteiger charge is -2.37. The van der Waals surface area contributed by atoms with E-state index < -0.39 is 0 Å². The van der Waals surface area contributed by atoms with Crippen molar-refractivity contribution in [1.82, 2.24) is 14.9 Å². The predicted octanol–water partition coefficient (Wildman–Crippen LogP) is 2.31. The Morgan fingerprint density at radius 2 is 2.00 bits per heavy atom. The lowest BCUT2D eigenvalue weighted by molar-refractivity contribution is -0.131. The van der Waals surface area contributed by atoms with E-state index >= 15 is 0 Å². The zero-order chi connectivity index (χ0) is 16.2. The van der Waals surface area contributed by atoms with E-state index in [0.29, 0.717) is 6.42 Å². The van der Waals surface area contributed by atoms with Gasteiger partial charge in [-0.15, -0.1) is 0 Å². The van der Waals surface area contributed by atoms with Crippen molar-refractivity contribution in [3.05, 3.63) is 47.5 Å². The van der Waals surface area contributed by atoms with E-state index in [4.69, 9.17) is 0 Å². The molecule has 0 saturated carbocycles. The Kier molecular flexibility index (Phi) is 4.65. The summed E-state index contributed by atoms with van der Waals surface area (Å²) in [6.07, 6.45) is 4.72. The van der Waals surface area contributed by atoms with Gasteiger partial charge in [0.2, 0.25) is 5.91 Å². The first kappa shape index (κ1) is 15.6. The number of rotatable bonds is 4. The van der Waals surface area contributed by atoms with Crippen LogP contribution < -0.4 is 4.90 Å². The van der Waals surface area contributed by atoms with Crippen LogP contribution in [-0.4, -0.2) is 47.0 Å². The summed E-state index contributed by atoms with van der Waals surface area (Å²) in [5.74, 6) is 0.236. The molecule has 23 heavy (non-hydrogen) atoms. The molecule has 1 fully saturated rings. The number of piperazine rings is 1. The average Bonchev–Trinajstić information content (AvgIpc) is 3.08. The molecule has 1 aliphatic rings. The number of H-pyrrole nitrogens is 1. The molecule has 0 atom stereocenters. The molecule has 0 spiro atoms. The van der Waals surface area contributed by atoms with E-state index in [1.165, 1.54) is 16.8 Å². The van der Waals surface area contributed by atoms with Crippen LogP contribution in [0.5, 0.6) is 0 Å². The number of hydrogen-bond donors (Lipinski definition) is 1. The number of aryl methyl sites for hydroxylation is 3. The third kappa shape index (κ3) is 3.73. The third-order valence-electron chi connectivity index (χ3n) is 4.50. The van der Waals surface area contributed by atoms with Gasteiger partial charge in [-0.1, -0.05) is 12.1 Å². The SMILES string of the molecule is Cc1ccc(C)c(N2CCN(C(=O)CCc3cnc[nH]3)CC2)c1. The molecular weight excluding hydrogens is 288 g/mol. The van der Waals surface area contributed by atoms with Gasteiger partial charge in [0.1, 0.15) is 0 Å². The van der Waals surface area contributed by atoms with Crippen LogP contribution in [0, 0.1) is 13.8 Å². The van der Waals surface area contributed by atoms with Gasteiger partial charge in [0, 0.05) is 50.2 Å². The number of aromatic amines is 1. The monoisotopic (exact) mass is 312 g/mol. The zero-order valence-corrected chi connectivity index (χ0v) is 13.9. The predicted molar refractivity (Wildman–Crippen MR) is 91.6 cm³/mol. The molecular formula is C18H24N4O. The molecule has 0 aliphatic carbocycles. The molecule has 1 saturated heterocycles. The second-order valence-electron chi connectivity index (χ2n) is 6.23. The third-order valence-corrected chi connectivity index (χ3v) is 4.50. The summed E-state index contributed by atoms with van der Waals surface area (Å²) in [7, 11) is 0. The number of nitrogens with one attached hydrogen (secondary N) is 1. The summed E-state index contributed by atoms with van der Waals surface area (Å²) in [6.45, 7) is 7.68. The molecule has 1 amide bonds. The van der Waals surface area contributed by atoms with Crippen molar-refractivity contribution in [1.29, 1.82) is 0 Å². The fourth-order valence-corrected chi connectivity index (χ4v) is 3.08. The van der Waals surface area contributed by atoms with E-state index in [-0.39, 0.29) is 5.91 Å². The van der Waals surface area contributed by atoms with Crippen molar-refractivity contribution in [2.45, 2.75) is 26.7 Å². The molecule has 5 heteroatoms. The summed E-state index contributed by atoms with van der Waals surface area (Å²) < 4.78 is 0. The summed E-state index contributed by atoms with van der Waals surface area (Å²) in [5, 5.41) is 0. The van der Waals surface area contributed by atoms with Crippen LogP contribution in [0.15, 0.2) is 30.7 Å². The Labute approximate surface area is 137 Å². The topological polar surface area (TPSA) is 52.2 Å². The van der Waals surface area contributed by atoms with Crippen LogP contribution in [0.4, 0.5) is 5.69 Å². The molecule has 5 nitrogen and oxygen atoms in total. The molecule has 2 heterocycles. The van der Waals surface area contributed by atoms with Crippen molar-refractivity contribution >= 4 is 11.6 Å². The highest BCUT2D eigenvalue weighted by atomic mass is 16.2. The maximum Gasteiger partial charge on any atom is 0.223 e. The Bertz CT molecular complexity index is 658. The van der Waals surface area contributed by atoms with E-state index in [1.807, 2.05) is 4.90 Å². The summed E-state index contributed by atoms with van der Waals surface area (Å²) in [5.41, 5.74) is 4.90. The van der Waals surface area contributed by atoms with E-state index in [1.54, 1.807) is 12.5 Å². The van der Waals surface area contributed by atoms with Gasteiger partial charge >= 0.3 is 0 Å². The summed E-state index contributed by atoms with van der Waals surface area (Å²) in [6, 6.07) is 6.56. The number of anilines is 1. The fraction of sp³-hybridized carbons (Fsp3) is 0.444. The molecule has 1 aromatic carbocycles. The second-order valence-corrected chi connectivity index (χ2v) is 6.23. The van der Waals surface area contributed by atoms with Crippen LogP contribution in [0.1, 0.15) is 23.2 Å². The van der Waals surface area contributed by atoms with Crippen molar-refractivity contribution in [3.8, 4) is 0 Å². The van der Waals surface area contributed by atoms with Gasteiger partial charge in [0.15, 0.2) is 0 Å². The number of carbonyl (C=O) groups is 1. The Balaban J connectivity index is 1.53. The zero-order valence-electron chi connectivity index (χ0n) is 13.9. The quantitative estimate of drug-likeness (QED) is 0.942. The first-order valence-electron chi connectivity index (χ1n) is 8.21. The first-order valence-corrected chi connectivity index (χ1v) is 8.21. The van der Waals surface area contributed by atoms with Gasteiger partial charge in [-0.2, -0.15) is 0 Å². The molecule has 2 aromatic rings. The van der Waals surface area contributed by atoms with Crippen molar-refractivity contribution < 1.29 is 4.79 Å². The van der Waals surface area contributed by atoms with Crippen molar-refractivity contribution in [3.63, 3.8) is 0 Å². The van der Waals surface area contributed by atoms with Gasteiger partial charge in [-0.05, 0) is 37.5 Å². The van der Waals surface area contributed by atoms with E-state index in [9.17, 15) is 4.79 Å². The van der Waals surface area contributed by atoms with Crippen LogP contribution in [0.25, 0.3) is 0 Å². The normalized spacial score (nSPS) is 15.0. The number of imidazole rings is 1. The van der Waals surface area contributed by atoms with Crippen LogP contribution >= 0.6 is 0 Å². The number of amides is 1. The van der Waals surface area contributed by atoms with Gasteiger partial charge in [0.05, 0.1) is 6.33 Å². The Morgan fingerprint density at radius 3 is 2.70 bits per heavy atom. The maximum atomic E-state index is 12.3. The van der Waals surface area contributed by atoms with E-state index in [0.717, 1.165) is 38.3 Å². The first-order chi connectivity index (χ1) is 11.1. The average molecular weight is 312 g/mol. The van der Waals surface area contributed by atoms with Crippen molar-refractivity contribution in [2.24, 2.45) is 0 Å². The highest BCUT2D eigenvalue weighted by Crippen LogP contribution is 2.23. The molecule has 122 valence electrons. The molecule has 1 aromatic heterocycles. The smallest absolute Gasteiger partial charge is 0.223 e. The molecule has 3 rings (SSSR count). The van der Waals surface area contributed by atoms with Gasteiger partial charge in [-0.25, -0.2) is 4.98 Å². The molecule has 1 aliphatic heterocycles. The number of hydrogen-bond acceptors (Lipinski definition) is 3. The molecule has 0 bridgehead atoms. The molecule has 0 unspecified atom stereocenters. The van der Waals surface area contributed by atoms with Gasteiger partial charge < -0.3 is 14.8 Å². The number of nitrogens with zero attached hydrogens (tertiary/aromatic N) is 3. The van der Waals surface area contributed by atoms with Crippen LogP contribution in [-0.2, 0) is 11.2 Å². The number of aromatic nitrogens is 2. The minimum Gasteiger partial charge on any atom is -0.368 e. The largest absolute Gasteiger partial charge is 0.368 e. The van der Waals surface area contributed by atoms with E-state index in [2.05, 4.69) is 46.9 Å². The number of benzene rings is 1. The lowest BCUT2D eigenvalue weighted by Crippen LogP contribution is -2.49. The number of carbonyl (C=O) groups excluding carboxylic acids is 1. The van der Waals surface area contributed by atoms with Gasteiger partial charge in [0.25, 0.3) is 0 Å². The Hall–Kier alpha value is -2.30. The molecule has 1 N–H and O–H groups in total. The standard InChI is InChI=1S/C18H24N4O/c1-14-3-4-15(2)17(11-14)21-7-9-22(10-8-21)18(23)6-5-16-12-19-13-20-16/h3-4,11-13H,5-10H2,1-2H3,(H,19,20). The van der Waals surface area contributed by atoms with Gasteiger partial charge in [-0.3, -0.25) is 4.79 Å². The van der Waals surface area contributed by atoms with Crippen LogP contribution in [0.3, 0.4) is 0 Å². The minimum atomic E-state index is 0.236. The van der Waals surface area contributed by atoms with Crippen molar-refractivity contribution in [2.75, 3.05) is 31.1 Å².